The Labute approximate surface area is 227 Å². The molecule has 0 bridgehead atoms. The van der Waals surface area contributed by atoms with Gasteiger partial charge < -0.3 is 30.6 Å². The van der Waals surface area contributed by atoms with Crippen LogP contribution in [0, 0.1) is 28.3 Å². The fraction of sp³-hybridized carbons (Fsp3) is 0.385. The molecule has 5 unspecified atom stereocenters. The lowest BCUT2D eigenvalue weighted by molar-refractivity contribution is -0.259. The number of nitrogens with zero attached hydrogens (tertiary/aromatic N) is 2. The third-order valence-electron chi connectivity index (χ3n) is 6.75. The second-order valence-corrected chi connectivity index (χ2v) is 10.1. The van der Waals surface area contributed by atoms with E-state index in [9.17, 15) is 18.3 Å². The Morgan fingerprint density at radius 2 is 1.95 bits per heavy atom. The summed E-state index contributed by atoms with van der Waals surface area (Å²) in [5.41, 5.74) is 1.38. The van der Waals surface area contributed by atoms with Crippen molar-refractivity contribution >= 4 is 40.7 Å². The molecule has 5 atom stereocenters. The summed E-state index contributed by atoms with van der Waals surface area (Å²) in [6.07, 6.45) is 2.40. The highest BCUT2D eigenvalue weighted by Gasteiger charge is 2.52. The maximum Gasteiger partial charge on any atom is 0.194 e. The quantitative estimate of drug-likeness (QED) is 0.196. The van der Waals surface area contributed by atoms with Crippen LogP contribution in [0.4, 0.5) is 18.9 Å². The van der Waals surface area contributed by atoms with Crippen molar-refractivity contribution in [3.05, 3.63) is 64.3 Å². The average molecular weight is 563 g/mol. The third kappa shape index (κ3) is 5.69. The van der Waals surface area contributed by atoms with Gasteiger partial charge in [0.2, 0.25) is 0 Å². The Balaban J connectivity index is 1.43. The van der Waals surface area contributed by atoms with Gasteiger partial charge in [0.15, 0.2) is 17.5 Å². The summed E-state index contributed by atoms with van der Waals surface area (Å²) in [6, 6.07) is 2.48. The number of aliphatic imine (C=N–C) groups is 1. The van der Waals surface area contributed by atoms with E-state index < -0.39 is 47.9 Å². The molecule has 0 radical (unpaired) electrons. The van der Waals surface area contributed by atoms with Crippen LogP contribution in [0.3, 0.4) is 0 Å². The number of rotatable bonds is 7. The van der Waals surface area contributed by atoms with Crippen LogP contribution in [-0.4, -0.2) is 65.0 Å². The number of amidine groups is 2. The Morgan fingerprint density at radius 3 is 2.54 bits per heavy atom. The molecule has 206 valence electrons. The number of aliphatic hydroxyl groups is 1. The van der Waals surface area contributed by atoms with Gasteiger partial charge in [0.25, 0.3) is 0 Å². The van der Waals surface area contributed by atoms with Crippen LogP contribution in [-0.2, 0) is 9.47 Å². The van der Waals surface area contributed by atoms with Crippen LogP contribution in [0.25, 0.3) is 5.57 Å². The van der Waals surface area contributed by atoms with E-state index in [2.05, 4.69) is 20.6 Å². The normalized spacial score (nSPS) is 26.9. The molecule has 1 aliphatic carbocycles. The number of nitrogens with one attached hydrogen (secondary N) is 4. The van der Waals surface area contributed by atoms with Gasteiger partial charge in [-0.25, -0.2) is 18.2 Å². The van der Waals surface area contributed by atoms with Gasteiger partial charge in [-0.3, -0.25) is 10.4 Å². The van der Waals surface area contributed by atoms with Crippen LogP contribution in [0.15, 0.2) is 35.6 Å². The van der Waals surface area contributed by atoms with Crippen molar-refractivity contribution in [2.75, 3.05) is 11.9 Å². The maximum absolute atomic E-state index is 13.8. The average Bonchev–Trinajstić information content (AvgIpc) is 3.70. The summed E-state index contributed by atoms with van der Waals surface area (Å²) in [5.74, 6) is -3.96. The lowest BCUT2D eigenvalue weighted by Crippen LogP contribution is -2.70. The van der Waals surface area contributed by atoms with Gasteiger partial charge in [-0.05, 0) is 43.5 Å². The number of allylic oxidation sites excluding steroid dienone is 1. The van der Waals surface area contributed by atoms with Crippen molar-refractivity contribution in [2.45, 2.75) is 56.1 Å². The highest BCUT2D eigenvalue weighted by molar-refractivity contribution is 6.30. The molecule has 1 aromatic heterocycles. The van der Waals surface area contributed by atoms with Crippen LogP contribution < -0.4 is 10.6 Å². The second kappa shape index (κ2) is 11.0. The number of fused-ring (bicyclic) bond motifs is 1. The Hall–Kier alpha value is -3.32. The number of pyridine rings is 1. The maximum atomic E-state index is 13.8. The molecule has 13 heteroatoms. The fourth-order valence-electron chi connectivity index (χ4n) is 4.64. The van der Waals surface area contributed by atoms with Gasteiger partial charge in [0.1, 0.15) is 36.1 Å². The number of anilines is 1. The number of ether oxygens (including phenoxy) is 2. The summed E-state index contributed by atoms with van der Waals surface area (Å²) >= 11 is 6.20. The molecule has 0 amide bonds. The van der Waals surface area contributed by atoms with Gasteiger partial charge >= 0.3 is 0 Å². The minimum atomic E-state index is -1.61. The van der Waals surface area contributed by atoms with Gasteiger partial charge in [0, 0.05) is 30.1 Å². The number of aliphatic hydroxyl groups excluding tert-OH is 1. The molecule has 39 heavy (non-hydrogen) atoms. The minimum Gasteiger partial charge on any atom is -0.388 e. The molecule has 0 spiro atoms. The van der Waals surface area contributed by atoms with Crippen LogP contribution in [0.2, 0.25) is 5.02 Å². The Morgan fingerprint density at radius 1 is 1.23 bits per heavy atom. The topological polar surface area (TPSA) is 136 Å². The minimum absolute atomic E-state index is 0.0286. The van der Waals surface area contributed by atoms with Crippen LogP contribution in [0.1, 0.15) is 36.9 Å². The zero-order chi connectivity index (χ0) is 27.8. The molecule has 3 aliphatic rings. The second-order valence-electron chi connectivity index (χ2n) is 9.64. The van der Waals surface area contributed by atoms with Gasteiger partial charge in [-0.1, -0.05) is 11.6 Å². The summed E-state index contributed by atoms with van der Waals surface area (Å²) in [6.45, 7) is 1.74. The monoisotopic (exact) mass is 562 g/mol. The summed E-state index contributed by atoms with van der Waals surface area (Å²) < 4.78 is 52.7. The first kappa shape index (κ1) is 27.3. The summed E-state index contributed by atoms with van der Waals surface area (Å²) in [7, 11) is 0. The van der Waals surface area contributed by atoms with E-state index in [1.807, 2.05) is 0 Å². The van der Waals surface area contributed by atoms with Gasteiger partial charge in [0.05, 0.1) is 29.1 Å². The zero-order valence-electron chi connectivity index (χ0n) is 20.7. The molecule has 5 N–H and O–H groups in total. The van der Waals surface area contributed by atoms with Gasteiger partial charge in [-0.15, -0.1) is 0 Å². The molecule has 9 nitrogen and oxygen atoms in total. The van der Waals surface area contributed by atoms with E-state index in [1.54, 1.807) is 12.3 Å². The molecule has 1 aromatic carbocycles. The summed E-state index contributed by atoms with van der Waals surface area (Å²) in [5, 5.41) is 33.6. The number of hydrogen-bond donors (Lipinski definition) is 5. The first-order valence-electron chi connectivity index (χ1n) is 12.3. The van der Waals surface area contributed by atoms with E-state index >= 15 is 0 Å². The summed E-state index contributed by atoms with van der Waals surface area (Å²) in [4.78, 5) is 8.75. The number of benzene rings is 1. The van der Waals surface area contributed by atoms with Crippen molar-refractivity contribution < 1.29 is 27.8 Å². The molecule has 2 aromatic rings. The fourth-order valence-corrected chi connectivity index (χ4v) is 4.80. The molecule has 5 rings (SSSR count). The van der Waals surface area contributed by atoms with Crippen molar-refractivity contribution in [3.8, 4) is 0 Å². The third-order valence-corrected chi connectivity index (χ3v) is 6.95. The predicted octanol–water partition coefficient (Wildman–Crippen LogP) is 4.01. The van der Waals surface area contributed by atoms with E-state index in [4.69, 9.17) is 31.9 Å². The first-order valence-corrected chi connectivity index (χ1v) is 12.7. The van der Waals surface area contributed by atoms with Crippen molar-refractivity contribution in [1.82, 2.24) is 10.3 Å². The highest BCUT2D eigenvalue weighted by Crippen LogP contribution is 2.43. The van der Waals surface area contributed by atoms with Crippen LogP contribution >= 0.6 is 11.6 Å². The standard InChI is InChI=1S/C26H26ClF3N6O3/c1-11(32)35-26(36-18-6-15(27)9-34-21(18)12-2-3-12)25-23(37)22(24-19(39-25)10-38-24)33-8-14(7-31)13-4-16(28)20(30)17(29)5-13/h4-9,12,19,22-25,31,33,37H,2-3,10H2,1H3,(H2,32,35,36)/b14-8+,31-7?. The van der Waals surface area contributed by atoms with Crippen molar-refractivity contribution in [3.63, 3.8) is 0 Å². The van der Waals surface area contributed by atoms with Crippen molar-refractivity contribution in [2.24, 2.45) is 4.99 Å². The van der Waals surface area contributed by atoms with Crippen molar-refractivity contribution in [1.29, 1.82) is 10.8 Å². The van der Waals surface area contributed by atoms with E-state index in [1.165, 1.54) is 13.1 Å². The first-order chi connectivity index (χ1) is 18.7. The molecular formula is C26H26ClF3N6O3. The zero-order valence-corrected chi connectivity index (χ0v) is 21.5. The van der Waals surface area contributed by atoms with E-state index in [0.717, 1.165) is 36.9 Å². The number of halogens is 4. The molecule has 1 saturated carbocycles. The largest absolute Gasteiger partial charge is 0.388 e. The number of aromatic nitrogens is 1. The molecule has 2 saturated heterocycles. The molecule has 2 aliphatic heterocycles. The Bertz CT molecular complexity index is 1350. The van der Waals surface area contributed by atoms with E-state index in [0.29, 0.717) is 10.7 Å². The molecule has 3 fully saturated rings. The molecular weight excluding hydrogens is 537 g/mol. The SMILES string of the molecule is CC(=N)/N=C(\Nc1cc(Cl)cnc1C1CC1)C1OC2COC2C(N/C=C(\C=N)c2cc(F)c(F)c(F)c2)C1O. The Kier molecular flexibility index (Phi) is 7.72. The molecule has 3 heterocycles. The van der Waals surface area contributed by atoms with E-state index in [-0.39, 0.29) is 35.3 Å². The lowest BCUT2D eigenvalue weighted by atomic mass is 9.88. The lowest BCUT2D eigenvalue weighted by Gasteiger charge is -2.50. The predicted molar refractivity (Wildman–Crippen MR) is 140 cm³/mol. The number of hydrogen-bond acceptors (Lipinski definition) is 7. The van der Waals surface area contributed by atoms with Gasteiger partial charge in [-0.2, -0.15) is 0 Å². The van der Waals surface area contributed by atoms with Crippen LogP contribution in [0.5, 0.6) is 0 Å². The highest BCUT2D eigenvalue weighted by atomic mass is 35.5. The smallest absolute Gasteiger partial charge is 0.194 e.